The maximum atomic E-state index is 5.98. The van der Waals surface area contributed by atoms with Gasteiger partial charge in [-0.25, -0.2) is 4.98 Å². The SMILES string of the molecule is ClCC1(CNc2ncc(Cl)cc2Cl)CC1. The van der Waals surface area contributed by atoms with E-state index in [1.54, 1.807) is 12.3 Å². The Bertz CT molecular complexity index is 364. The van der Waals surface area contributed by atoms with Gasteiger partial charge in [-0.3, -0.25) is 0 Å². The molecule has 1 N–H and O–H groups in total. The van der Waals surface area contributed by atoms with Gasteiger partial charge in [-0.05, 0) is 18.9 Å². The number of anilines is 1. The van der Waals surface area contributed by atoms with Crippen LogP contribution in [0.3, 0.4) is 0 Å². The number of nitrogens with zero attached hydrogens (tertiary/aromatic N) is 1. The Kier molecular flexibility index (Phi) is 3.29. The molecule has 0 amide bonds. The van der Waals surface area contributed by atoms with Crippen LogP contribution in [0.5, 0.6) is 0 Å². The van der Waals surface area contributed by atoms with Gasteiger partial charge in [-0.2, -0.15) is 0 Å². The summed E-state index contributed by atoms with van der Waals surface area (Å²) < 4.78 is 0. The molecule has 1 heterocycles. The summed E-state index contributed by atoms with van der Waals surface area (Å²) in [7, 11) is 0. The monoisotopic (exact) mass is 264 g/mol. The minimum atomic E-state index is 0.256. The van der Waals surface area contributed by atoms with Gasteiger partial charge in [0.1, 0.15) is 5.82 Å². The minimum absolute atomic E-state index is 0.256. The van der Waals surface area contributed by atoms with Gasteiger partial charge in [0, 0.05) is 24.0 Å². The van der Waals surface area contributed by atoms with Crippen molar-refractivity contribution in [3.63, 3.8) is 0 Å². The molecule has 1 aliphatic carbocycles. The lowest BCUT2D eigenvalue weighted by atomic mass is 10.1. The Balaban J connectivity index is 1.99. The third-order valence-corrected chi connectivity index (χ3v) is 3.74. The highest BCUT2D eigenvalue weighted by Gasteiger charge is 2.41. The normalized spacial score (nSPS) is 17.5. The van der Waals surface area contributed by atoms with Gasteiger partial charge in [0.25, 0.3) is 0 Å². The second kappa shape index (κ2) is 4.36. The summed E-state index contributed by atoms with van der Waals surface area (Å²) in [6.45, 7) is 0.824. The van der Waals surface area contributed by atoms with Gasteiger partial charge in [0.15, 0.2) is 0 Å². The summed E-state index contributed by atoms with van der Waals surface area (Å²) in [5, 5.41) is 4.30. The summed E-state index contributed by atoms with van der Waals surface area (Å²) in [5.74, 6) is 1.36. The molecule has 1 aromatic rings. The molecule has 0 radical (unpaired) electrons. The zero-order valence-corrected chi connectivity index (χ0v) is 10.3. The molecular weight excluding hydrogens is 254 g/mol. The number of pyridine rings is 1. The van der Waals surface area contributed by atoms with Crippen molar-refractivity contribution in [3.05, 3.63) is 22.3 Å². The van der Waals surface area contributed by atoms with Crippen LogP contribution in [0.1, 0.15) is 12.8 Å². The van der Waals surface area contributed by atoms with Crippen LogP contribution in [0.15, 0.2) is 12.3 Å². The second-order valence-electron chi connectivity index (χ2n) is 3.97. The zero-order valence-electron chi connectivity index (χ0n) is 8.06. The summed E-state index contributed by atoms with van der Waals surface area (Å²) in [5.41, 5.74) is 0.256. The van der Waals surface area contributed by atoms with E-state index in [0.29, 0.717) is 21.7 Å². The first-order chi connectivity index (χ1) is 7.15. The number of alkyl halides is 1. The molecule has 1 aliphatic rings. The smallest absolute Gasteiger partial charge is 0.144 e. The molecule has 0 unspecified atom stereocenters. The molecule has 0 bridgehead atoms. The van der Waals surface area contributed by atoms with Crippen molar-refractivity contribution in [3.8, 4) is 0 Å². The van der Waals surface area contributed by atoms with Crippen LogP contribution < -0.4 is 5.32 Å². The Labute approximate surface area is 104 Å². The maximum Gasteiger partial charge on any atom is 0.144 e. The van der Waals surface area contributed by atoms with Gasteiger partial charge in [0.2, 0.25) is 0 Å². The fourth-order valence-corrected chi connectivity index (χ4v) is 2.16. The van der Waals surface area contributed by atoms with E-state index < -0.39 is 0 Å². The molecule has 0 spiro atoms. The third kappa shape index (κ3) is 2.68. The van der Waals surface area contributed by atoms with Crippen LogP contribution in [0, 0.1) is 5.41 Å². The van der Waals surface area contributed by atoms with Crippen LogP contribution in [-0.4, -0.2) is 17.4 Å². The van der Waals surface area contributed by atoms with E-state index in [4.69, 9.17) is 34.8 Å². The van der Waals surface area contributed by atoms with Crippen molar-refractivity contribution >= 4 is 40.6 Å². The number of hydrogen-bond acceptors (Lipinski definition) is 2. The highest BCUT2D eigenvalue weighted by Crippen LogP contribution is 2.46. The Morgan fingerprint density at radius 1 is 1.40 bits per heavy atom. The van der Waals surface area contributed by atoms with E-state index in [1.807, 2.05) is 0 Å². The highest BCUT2D eigenvalue weighted by molar-refractivity contribution is 6.35. The molecule has 1 fully saturated rings. The first-order valence-electron chi connectivity index (χ1n) is 4.76. The topological polar surface area (TPSA) is 24.9 Å². The molecule has 0 aliphatic heterocycles. The van der Waals surface area contributed by atoms with Gasteiger partial charge in [0.05, 0.1) is 10.0 Å². The number of rotatable bonds is 4. The summed E-state index contributed by atoms with van der Waals surface area (Å²) in [6.07, 6.45) is 3.93. The quantitative estimate of drug-likeness (QED) is 0.837. The molecule has 0 atom stereocenters. The molecule has 1 aromatic heterocycles. The summed E-state index contributed by atoms with van der Waals surface area (Å²) in [6, 6.07) is 1.68. The largest absolute Gasteiger partial charge is 0.368 e. The Morgan fingerprint density at radius 2 is 2.13 bits per heavy atom. The van der Waals surface area contributed by atoms with Crippen molar-refractivity contribution in [1.82, 2.24) is 4.98 Å². The number of aromatic nitrogens is 1. The first kappa shape index (κ1) is 11.3. The second-order valence-corrected chi connectivity index (χ2v) is 5.08. The van der Waals surface area contributed by atoms with Crippen molar-refractivity contribution in [2.24, 2.45) is 5.41 Å². The fourth-order valence-electron chi connectivity index (χ4n) is 1.35. The molecular formula is C10H11Cl3N2. The number of hydrogen-bond donors (Lipinski definition) is 1. The fraction of sp³-hybridized carbons (Fsp3) is 0.500. The molecule has 0 saturated heterocycles. The third-order valence-electron chi connectivity index (χ3n) is 2.68. The summed E-state index contributed by atoms with van der Waals surface area (Å²) >= 11 is 17.6. The minimum Gasteiger partial charge on any atom is -0.368 e. The van der Waals surface area contributed by atoms with Gasteiger partial charge < -0.3 is 5.32 Å². The van der Waals surface area contributed by atoms with E-state index in [-0.39, 0.29) is 5.41 Å². The van der Waals surface area contributed by atoms with E-state index in [0.717, 1.165) is 6.54 Å². The van der Waals surface area contributed by atoms with E-state index in [1.165, 1.54) is 12.8 Å². The van der Waals surface area contributed by atoms with Crippen molar-refractivity contribution in [1.29, 1.82) is 0 Å². The first-order valence-corrected chi connectivity index (χ1v) is 6.05. The molecule has 0 aromatic carbocycles. The predicted molar refractivity (Wildman–Crippen MR) is 65.1 cm³/mol. The zero-order chi connectivity index (χ0) is 10.9. The lowest BCUT2D eigenvalue weighted by Gasteiger charge is -2.13. The van der Waals surface area contributed by atoms with E-state index in [2.05, 4.69) is 10.3 Å². The van der Waals surface area contributed by atoms with Crippen LogP contribution in [0.2, 0.25) is 10.0 Å². The van der Waals surface area contributed by atoms with Crippen LogP contribution in [0.4, 0.5) is 5.82 Å². The average Bonchev–Trinajstić information content (AvgIpc) is 2.97. The average molecular weight is 266 g/mol. The van der Waals surface area contributed by atoms with Crippen LogP contribution in [0.25, 0.3) is 0 Å². The molecule has 1 saturated carbocycles. The lowest BCUT2D eigenvalue weighted by molar-refractivity contribution is 0.617. The van der Waals surface area contributed by atoms with E-state index >= 15 is 0 Å². The predicted octanol–water partition coefficient (Wildman–Crippen LogP) is 3.82. The number of halogens is 3. The molecule has 5 heteroatoms. The lowest BCUT2D eigenvalue weighted by Crippen LogP contribution is -2.17. The Hall–Kier alpha value is -0.180. The maximum absolute atomic E-state index is 5.98. The molecule has 2 nitrogen and oxygen atoms in total. The van der Waals surface area contributed by atoms with Crippen molar-refractivity contribution < 1.29 is 0 Å². The van der Waals surface area contributed by atoms with Crippen LogP contribution >= 0.6 is 34.8 Å². The van der Waals surface area contributed by atoms with Crippen molar-refractivity contribution in [2.75, 3.05) is 17.7 Å². The van der Waals surface area contributed by atoms with Gasteiger partial charge >= 0.3 is 0 Å². The van der Waals surface area contributed by atoms with Gasteiger partial charge in [-0.15, -0.1) is 11.6 Å². The molecule has 82 valence electrons. The summed E-state index contributed by atoms with van der Waals surface area (Å²) in [4.78, 5) is 4.12. The van der Waals surface area contributed by atoms with Crippen LogP contribution in [-0.2, 0) is 0 Å². The Morgan fingerprint density at radius 3 is 2.67 bits per heavy atom. The highest BCUT2D eigenvalue weighted by atomic mass is 35.5. The number of nitrogens with one attached hydrogen (secondary N) is 1. The van der Waals surface area contributed by atoms with Gasteiger partial charge in [-0.1, -0.05) is 23.2 Å². The standard InChI is InChI=1S/C10H11Cl3N2/c11-5-10(1-2-10)6-15-9-8(13)3-7(12)4-14-9/h3-4H,1-2,5-6H2,(H,14,15). The molecule has 15 heavy (non-hydrogen) atoms. The van der Waals surface area contributed by atoms with Crippen molar-refractivity contribution in [2.45, 2.75) is 12.8 Å². The molecule has 2 rings (SSSR count). The van der Waals surface area contributed by atoms with E-state index in [9.17, 15) is 0 Å².